The molecule has 2 nitrogen and oxygen atoms in total. The van der Waals surface area contributed by atoms with Gasteiger partial charge in [0, 0.05) is 0 Å². The number of hydrogen-bond donors (Lipinski definition) is 0. The molecule has 1 rings (SSSR count). The summed E-state index contributed by atoms with van der Waals surface area (Å²) in [5.74, 6) is 0.532. The van der Waals surface area contributed by atoms with E-state index in [1.165, 1.54) is 5.47 Å². The normalized spacial score (nSPS) is 25.1. The van der Waals surface area contributed by atoms with E-state index in [0.717, 1.165) is 0 Å². The van der Waals surface area contributed by atoms with E-state index in [0.29, 0.717) is 5.92 Å². The Balaban J connectivity index is 2.79. The second-order valence-electron chi connectivity index (χ2n) is 5.74. The molecule has 0 unspecified atom stereocenters. The topological polar surface area (TPSA) is 18.5 Å². The molecule has 0 atom stereocenters. The highest BCUT2D eigenvalue weighted by Gasteiger charge is 2.51. The average molecular weight is 210 g/mol. The van der Waals surface area contributed by atoms with Gasteiger partial charge in [-0.1, -0.05) is 19.9 Å². The molecule has 0 bridgehead atoms. The Bertz CT molecular complexity index is 251. The Hall–Kier alpha value is -0.275. The van der Waals surface area contributed by atoms with Crippen LogP contribution in [0.4, 0.5) is 0 Å². The van der Waals surface area contributed by atoms with Gasteiger partial charge in [0.15, 0.2) is 0 Å². The maximum atomic E-state index is 5.94. The van der Waals surface area contributed by atoms with Crippen molar-refractivity contribution in [2.45, 2.75) is 59.7 Å². The Morgan fingerprint density at radius 1 is 1.07 bits per heavy atom. The van der Waals surface area contributed by atoms with Crippen molar-refractivity contribution < 1.29 is 9.31 Å². The molecule has 0 saturated carbocycles. The maximum absolute atomic E-state index is 5.94. The van der Waals surface area contributed by atoms with Gasteiger partial charge in [0.05, 0.1) is 11.2 Å². The summed E-state index contributed by atoms with van der Waals surface area (Å²) < 4.78 is 11.9. The predicted octanol–water partition coefficient (Wildman–Crippen LogP) is 3.22. The molecule has 0 aromatic carbocycles. The second-order valence-corrected chi connectivity index (χ2v) is 5.74. The highest BCUT2D eigenvalue weighted by Crippen LogP contribution is 2.38. The summed E-state index contributed by atoms with van der Waals surface area (Å²) in [5, 5.41) is 0. The molecule has 15 heavy (non-hydrogen) atoms. The summed E-state index contributed by atoms with van der Waals surface area (Å²) >= 11 is 0. The monoisotopic (exact) mass is 210 g/mol. The van der Waals surface area contributed by atoms with Crippen LogP contribution in [0.2, 0.25) is 0 Å². The van der Waals surface area contributed by atoms with E-state index in [-0.39, 0.29) is 18.3 Å². The summed E-state index contributed by atoms with van der Waals surface area (Å²) in [6.45, 7) is 14.7. The van der Waals surface area contributed by atoms with E-state index < -0.39 is 0 Å². The van der Waals surface area contributed by atoms with Crippen LogP contribution in [0.5, 0.6) is 0 Å². The molecule has 86 valence electrons. The Kier molecular flexibility index (Phi) is 3.37. The molecule has 1 aliphatic heterocycles. The van der Waals surface area contributed by atoms with Crippen molar-refractivity contribution in [1.82, 2.24) is 0 Å². The van der Waals surface area contributed by atoms with E-state index in [2.05, 4.69) is 54.5 Å². The van der Waals surface area contributed by atoms with Gasteiger partial charge in [0.2, 0.25) is 0 Å². The number of allylic oxidation sites excluding steroid dienone is 2. The molecule has 0 aliphatic carbocycles. The van der Waals surface area contributed by atoms with Crippen molar-refractivity contribution in [2.75, 3.05) is 0 Å². The van der Waals surface area contributed by atoms with Gasteiger partial charge in [-0.15, -0.1) is 0 Å². The van der Waals surface area contributed by atoms with Crippen molar-refractivity contribution >= 4 is 7.12 Å². The molecule has 1 heterocycles. The standard InChI is InChI=1S/C12H23BO2/c1-9(2)8-10(3)13-14-11(4,5)12(6,7)15-13/h8-9H,1-7H3/b10-8-. The molecule has 0 amide bonds. The zero-order chi connectivity index (χ0) is 11.9. The molecule has 1 saturated heterocycles. The Morgan fingerprint density at radius 2 is 1.47 bits per heavy atom. The molecular weight excluding hydrogens is 187 g/mol. The van der Waals surface area contributed by atoms with Gasteiger partial charge in [-0.05, 0) is 46.0 Å². The van der Waals surface area contributed by atoms with Gasteiger partial charge >= 0.3 is 7.12 Å². The van der Waals surface area contributed by atoms with Gasteiger partial charge in [-0.2, -0.15) is 0 Å². The first-order chi connectivity index (χ1) is 6.66. The minimum Gasteiger partial charge on any atom is -0.400 e. The van der Waals surface area contributed by atoms with E-state index in [4.69, 9.17) is 9.31 Å². The lowest BCUT2D eigenvalue weighted by molar-refractivity contribution is 0.00578. The summed E-state index contributed by atoms with van der Waals surface area (Å²) in [7, 11) is -0.183. The van der Waals surface area contributed by atoms with E-state index >= 15 is 0 Å². The van der Waals surface area contributed by atoms with E-state index in [1.807, 2.05) is 0 Å². The fraction of sp³-hybridized carbons (Fsp3) is 0.833. The third kappa shape index (κ3) is 2.64. The molecule has 0 aromatic heterocycles. The van der Waals surface area contributed by atoms with Crippen LogP contribution in [-0.2, 0) is 9.31 Å². The maximum Gasteiger partial charge on any atom is 0.489 e. The molecule has 3 heteroatoms. The Labute approximate surface area is 94.2 Å². The van der Waals surface area contributed by atoms with Crippen molar-refractivity contribution in [3.63, 3.8) is 0 Å². The largest absolute Gasteiger partial charge is 0.489 e. The SMILES string of the molecule is C/C(=C/C(C)C)B1OC(C)(C)C(C)(C)O1. The minimum atomic E-state index is -0.232. The highest BCUT2D eigenvalue weighted by atomic mass is 16.7. The molecule has 0 N–H and O–H groups in total. The third-order valence-corrected chi connectivity index (χ3v) is 3.22. The van der Waals surface area contributed by atoms with Crippen LogP contribution >= 0.6 is 0 Å². The van der Waals surface area contributed by atoms with Crippen molar-refractivity contribution in [2.24, 2.45) is 5.92 Å². The molecule has 1 fully saturated rings. The number of hydrogen-bond acceptors (Lipinski definition) is 2. The van der Waals surface area contributed by atoms with Crippen LogP contribution in [0.3, 0.4) is 0 Å². The third-order valence-electron chi connectivity index (χ3n) is 3.22. The van der Waals surface area contributed by atoms with Crippen molar-refractivity contribution in [3.05, 3.63) is 11.5 Å². The lowest BCUT2D eigenvalue weighted by atomic mass is 9.78. The molecule has 0 radical (unpaired) electrons. The first-order valence-corrected chi connectivity index (χ1v) is 5.70. The van der Waals surface area contributed by atoms with Crippen LogP contribution in [0.25, 0.3) is 0 Å². The van der Waals surface area contributed by atoms with Gasteiger partial charge in [-0.25, -0.2) is 0 Å². The summed E-state index contributed by atoms with van der Waals surface area (Å²) in [6, 6.07) is 0. The fourth-order valence-corrected chi connectivity index (χ4v) is 1.63. The Morgan fingerprint density at radius 3 is 1.80 bits per heavy atom. The fourth-order valence-electron chi connectivity index (χ4n) is 1.63. The zero-order valence-electron chi connectivity index (χ0n) is 11.0. The highest BCUT2D eigenvalue weighted by molar-refractivity contribution is 6.54. The zero-order valence-corrected chi connectivity index (χ0v) is 11.0. The molecule has 0 spiro atoms. The minimum absolute atomic E-state index is 0.183. The second kappa shape index (κ2) is 3.95. The van der Waals surface area contributed by atoms with E-state index in [1.54, 1.807) is 0 Å². The number of rotatable bonds is 2. The van der Waals surface area contributed by atoms with Crippen LogP contribution < -0.4 is 0 Å². The summed E-state index contributed by atoms with van der Waals surface area (Å²) in [5.41, 5.74) is 0.705. The van der Waals surface area contributed by atoms with Crippen LogP contribution in [0, 0.1) is 5.92 Å². The van der Waals surface area contributed by atoms with Crippen LogP contribution in [0.15, 0.2) is 11.5 Å². The lowest BCUT2D eigenvalue weighted by Gasteiger charge is -2.32. The molecule has 1 aliphatic rings. The quantitative estimate of drug-likeness (QED) is 0.651. The smallest absolute Gasteiger partial charge is 0.400 e. The van der Waals surface area contributed by atoms with Gasteiger partial charge in [0.25, 0.3) is 0 Å². The predicted molar refractivity (Wildman–Crippen MR) is 64.7 cm³/mol. The summed E-state index contributed by atoms with van der Waals surface area (Å²) in [6.07, 6.45) is 2.20. The average Bonchev–Trinajstić information content (AvgIpc) is 2.20. The van der Waals surface area contributed by atoms with Crippen LogP contribution in [0.1, 0.15) is 48.5 Å². The summed E-state index contributed by atoms with van der Waals surface area (Å²) in [4.78, 5) is 0. The van der Waals surface area contributed by atoms with Gasteiger partial charge in [0.1, 0.15) is 0 Å². The lowest BCUT2D eigenvalue weighted by Crippen LogP contribution is -2.41. The van der Waals surface area contributed by atoms with Crippen LogP contribution in [-0.4, -0.2) is 18.3 Å². The van der Waals surface area contributed by atoms with E-state index in [9.17, 15) is 0 Å². The first kappa shape index (κ1) is 12.8. The van der Waals surface area contributed by atoms with Gasteiger partial charge in [-0.3, -0.25) is 0 Å². The first-order valence-electron chi connectivity index (χ1n) is 5.70. The van der Waals surface area contributed by atoms with Crippen molar-refractivity contribution in [3.8, 4) is 0 Å². The van der Waals surface area contributed by atoms with Gasteiger partial charge < -0.3 is 9.31 Å². The van der Waals surface area contributed by atoms with Crippen molar-refractivity contribution in [1.29, 1.82) is 0 Å². The molecular formula is C12H23BO2. The molecule has 0 aromatic rings.